The summed E-state index contributed by atoms with van der Waals surface area (Å²) >= 11 is 5.90. The molecule has 4 nitrogen and oxygen atoms in total. The van der Waals surface area contributed by atoms with Crippen molar-refractivity contribution in [3.63, 3.8) is 0 Å². The Labute approximate surface area is 124 Å². The number of nitrogens with one attached hydrogen (secondary N) is 1. The summed E-state index contributed by atoms with van der Waals surface area (Å²) in [7, 11) is 0. The van der Waals surface area contributed by atoms with Gasteiger partial charge in [0, 0.05) is 23.9 Å². The summed E-state index contributed by atoms with van der Waals surface area (Å²) in [6.07, 6.45) is 2.09. The number of amides is 1. The molecular formula is C15H21ClN2O2. The molecule has 1 heterocycles. The van der Waals surface area contributed by atoms with Crippen molar-refractivity contribution in [2.75, 3.05) is 31.6 Å². The van der Waals surface area contributed by atoms with Crippen LogP contribution in [0.3, 0.4) is 0 Å². The molecule has 2 rings (SSSR count). The average molecular weight is 297 g/mol. The number of rotatable bonds is 4. The number of likely N-dealkylation sites (tertiary alicyclic amines) is 1. The lowest BCUT2D eigenvalue weighted by Crippen LogP contribution is -2.41. The zero-order valence-corrected chi connectivity index (χ0v) is 12.5. The molecule has 1 saturated heterocycles. The highest BCUT2D eigenvalue weighted by Crippen LogP contribution is 2.20. The predicted octanol–water partition coefficient (Wildman–Crippen LogP) is 2.29. The van der Waals surface area contributed by atoms with Crippen LogP contribution in [0.15, 0.2) is 18.2 Å². The second-order valence-electron chi connectivity index (χ2n) is 5.43. The number of hydrogen-bond donors (Lipinski definition) is 2. The summed E-state index contributed by atoms with van der Waals surface area (Å²) in [6, 6.07) is 5.43. The van der Waals surface area contributed by atoms with Crippen LogP contribution in [0.5, 0.6) is 0 Å². The highest BCUT2D eigenvalue weighted by atomic mass is 35.5. The van der Waals surface area contributed by atoms with Gasteiger partial charge in [-0.05, 0) is 56.0 Å². The van der Waals surface area contributed by atoms with Crippen molar-refractivity contribution < 1.29 is 9.90 Å². The molecule has 2 N–H and O–H groups in total. The number of aryl methyl sites for hydroxylation is 1. The number of halogens is 1. The quantitative estimate of drug-likeness (QED) is 0.896. The highest BCUT2D eigenvalue weighted by molar-refractivity contribution is 6.30. The van der Waals surface area contributed by atoms with Crippen LogP contribution in [0.1, 0.15) is 18.4 Å². The van der Waals surface area contributed by atoms with Crippen LogP contribution < -0.4 is 5.32 Å². The lowest BCUT2D eigenvalue weighted by molar-refractivity contribution is -0.117. The van der Waals surface area contributed by atoms with E-state index in [-0.39, 0.29) is 12.5 Å². The van der Waals surface area contributed by atoms with E-state index in [4.69, 9.17) is 11.6 Å². The van der Waals surface area contributed by atoms with Crippen LogP contribution in [0.25, 0.3) is 0 Å². The van der Waals surface area contributed by atoms with Crippen LogP contribution in [0, 0.1) is 12.8 Å². The number of carbonyl (C=O) groups is 1. The molecule has 0 radical (unpaired) electrons. The molecule has 0 spiro atoms. The standard InChI is InChI=1S/C15H21ClN2O2/c1-11-7-13(16)4-5-14(11)17-15(20)9-18-6-2-3-12(8-18)10-19/h4-5,7,12,19H,2-3,6,8-10H2,1H3,(H,17,20). The lowest BCUT2D eigenvalue weighted by atomic mass is 9.99. The first-order valence-electron chi connectivity index (χ1n) is 6.97. The summed E-state index contributed by atoms with van der Waals surface area (Å²) in [4.78, 5) is 14.2. The molecular weight excluding hydrogens is 276 g/mol. The Morgan fingerprint density at radius 3 is 3.05 bits per heavy atom. The van der Waals surface area contributed by atoms with Gasteiger partial charge < -0.3 is 10.4 Å². The van der Waals surface area contributed by atoms with Crippen molar-refractivity contribution in [1.82, 2.24) is 4.90 Å². The number of hydrogen-bond acceptors (Lipinski definition) is 3. The first-order chi connectivity index (χ1) is 9.58. The van der Waals surface area contributed by atoms with Gasteiger partial charge in [-0.15, -0.1) is 0 Å². The van der Waals surface area contributed by atoms with E-state index in [0.29, 0.717) is 17.5 Å². The largest absolute Gasteiger partial charge is 0.396 e. The second-order valence-corrected chi connectivity index (χ2v) is 5.87. The highest BCUT2D eigenvalue weighted by Gasteiger charge is 2.21. The van der Waals surface area contributed by atoms with E-state index in [1.807, 2.05) is 19.1 Å². The summed E-state index contributed by atoms with van der Waals surface area (Å²) < 4.78 is 0. The van der Waals surface area contributed by atoms with Crippen molar-refractivity contribution in [3.05, 3.63) is 28.8 Å². The van der Waals surface area contributed by atoms with Crippen molar-refractivity contribution >= 4 is 23.2 Å². The SMILES string of the molecule is Cc1cc(Cl)ccc1NC(=O)CN1CCCC(CO)C1. The molecule has 1 fully saturated rings. The van der Waals surface area contributed by atoms with Gasteiger partial charge >= 0.3 is 0 Å². The van der Waals surface area contributed by atoms with Crippen molar-refractivity contribution in [2.24, 2.45) is 5.92 Å². The van der Waals surface area contributed by atoms with Gasteiger partial charge in [-0.25, -0.2) is 0 Å². The molecule has 0 saturated carbocycles. The topological polar surface area (TPSA) is 52.6 Å². The average Bonchev–Trinajstić information content (AvgIpc) is 2.42. The minimum atomic E-state index is -0.0194. The van der Waals surface area contributed by atoms with E-state index >= 15 is 0 Å². The summed E-state index contributed by atoms with van der Waals surface area (Å²) in [5.41, 5.74) is 1.76. The Bertz CT molecular complexity index is 479. The minimum Gasteiger partial charge on any atom is -0.396 e. The number of aliphatic hydroxyl groups excluding tert-OH is 1. The number of nitrogens with zero attached hydrogens (tertiary/aromatic N) is 1. The summed E-state index contributed by atoms with van der Waals surface area (Å²) in [5.74, 6) is 0.280. The first-order valence-corrected chi connectivity index (χ1v) is 7.35. The maximum absolute atomic E-state index is 12.1. The van der Waals surface area contributed by atoms with Gasteiger partial charge in [-0.1, -0.05) is 11.6 Å². The molecule has 1 aliphatic rings. The van der Waals surface area contributed by atoms with Gasteiger partial charge in [0.25, 0.3) is 0 Å². The van der Waals surface area contributed by atoms with E-state index in [2.05, 4.69) is 10.2 Å². The molecule has 1 aromatic carbocycles. The minimum absolute atomic E-state index is 0.0194. The zero-order valence-electron chi connectivity index (χ0n) is 11.7. The van der Waals surface area contributed by atoms with Crippen LogP contribution in [-0.2, 0) is 4.79 Å². The Balaban J connectivity index is 1.88. The predicted molar refractivity (Wildman–Crippen MR) is 81.1 cm³/mol. The van der Waals surface area contributed by atoms with Crippen LogP contribution in [0.4, 0.5) is 5.69 Å². The third-order valence-corrected chi connectivity index (χ3v) is 3.93. The fourth-order valence-corrected chi connectivity index (χ4v) is 2.83. The van der Waals surface area contributed by atoms with Gasteiger partial charge in [0.05, 0.1) is 6.54 Å². The maximum Gasteiger partial charge on any atom is 0.238 e. The molecule has 1 amide bonds. The van der Waals surface area contributed by atoms with Crippen LogP contribution in [-0.4, -0.2) is 42.2 Å². The zero-order chi connectivity index (χ0) is 14.5. The number of benzene rings is 1. The van der Waals surface area contributed by atoms with E-state index in [1.165, 1.54) is 0 Å². The number of anilines is 1. The molecule has 0 aromatic heterocycles. The summed E-state index contributed by atoms with van der Waals surface area (Å²) in [6.45, 7) is 4.21. The first kappa shape index (κ1) is 15.3. The van der Waals surface area contributed by atoms with Crippen molar-refractivity contribution in [3.8, 4) is 0 Å². The van der Waals surface area contributed by atoms with Gasteiger partial charge in [0.15, 0.2) is 0 Å². The Kier molecular flexibility index (Phi) is 5.40. The number of aliphatic hydroxyl groups is 1. The fourth-order valence-electron chi connectivity index (χ4n) is 2.60. The molecule has 5 heteroatoms. The second kappa shape index (κ2) is 7.07. The lowest BCUT2D eigenvalue weighted by Gasteiger charge is -2.31. The molecule has 0 bridgehead atoms. The van der Waals surface area contributed by atoms with Gasteiger partial charge in [0.1, 0.15) is 0 Å². The Hall–Kier alpha value is -1.10. The van der Waals surface area contributed by atoms with Gasteiger partial charge in [0.2, 0.25) is 5.91 Å². The van der Waals surface area contributed by atoms with Crippen LogP contribution in [0.2, 0.25) is 5.02 Å². The third kappa shape index (κ3) is 4.20. The third-order valence-electron chi connectivity index (χ3n) is 3.69. The van der Waals surface area contributed by atoms with E-state index in [0.717, 1.165) is 37.2 Å². The smallest absolute Gasteiger partial charge is 0.238 e. The molecule has 1 aliphatic heterocycles. The molecule has 1 aromatic rings. The normalized spacial score (nSPS) is 19.9. The molecule has 0 aliphatic carbocycles. The monoisotopic (exact) mass is 296 g/mol. The molecule has 1 atom stereocenters. The molecule has 110 valence electrons. The van der Waals surface area contributed by atoms with E-state index in [9.17, 15) is 9.90 Å². The van der Waals surface area contributed by atoms with Crippen LogP contribution >= 0.6 is 11.6 Å². The molecule has 20 heavy (non-hydrogen) atoms. The maximum atomic E-state index is 12.1. The summed E-state index contributed by atoms with van der Waals surface area (Å²) in [5, 5.41) is 12.8. The number of piperidine rings is 1. The van der Waals surface area contributed by atoms with Gasteiger partial charge in [-0.2, -0.15) is 0 Å². The van der Waals surface area contributed by atoms with Crippen molar-refractivity contribution in [2.45, 2.75) is 19.8 Å². The number of carbonyl (C=O) groups excluding carboxylic acids is 1. The van der Waals surface area contributed by atoms with Gasteiger partial charge in [-0.3, -0.25) is 9.69 Å². The fraction of sp³-hybridized carbons (Fsp3) is 0.533. The van der Waals surface area contributed by atoms with E-state index < -0.39 is 0 Å². The van der Waals surface area contributed by atoms with E-state index in [1.54, 1.807) is 6.07 Å². The Morgan fingerprint density at radius 2 is 2.35 bits per heavy atom. The van der Waals surface area contributed by atoms with Crippen molar-refractivity contribution in [1.29, 1.82) is 0 Å². The Morgan fingerprint density at radius 1 is 1.55 bits per heavy atom. The molecule has 1 unspecified atom stereocenters.